The molecule has 1 heterocycles. The van der Waals surface area contributed by atoms with Crippen LogP contribution in [-0.2, 0) is 6.42 Å². The largest absolute Gasteiger partial charge is 0.469 e. The summed E-state index contributed by atoms with van der Waals surface area (Å²) >= 11 is 0. The summed E-state index contributed by atoms with van der Waals surface area (Å²) in [6, 6.07) is 3.70. The van der Waals surface area contributed by atoms with Gasteiger partial charge in [0.2, 0.25) is 0 Å². The second-order valence-corrected chi connectivity index (χ2v) is 1.91. The van der Waals surface area contributed by atoms with E-state index in [-0.39, 0.29) is 0 Å². The number of furan rings is 1. The molecule has 1 aromatic rings. The molecule has 0 atom stereocenters. The first kappa shape index (κ1) is 5.95. The summed E-state index contributed by atoms with van der Waals surface area (Å²) < 4.78 is 5.00. The van der Waals surface area contributed by atoms with Crippen LogP contribution in [0.1, 0.15) is 5.76 Å². The molecular weight excluding hydrogens is 114 g/mol. The van der Waals surface area contributed by atoms with Gasteiger partial charge in [0.25, 0.3) is 0 Å². The summed E-state index contributed by atoms with van der Waals surface area (Å²) in [7, 11) is 0. The highest BCUT2D eigenvalue weighted by Gasteiger charge is 1.93. The smallest absolute Gasteiger partial charge is 0.109 e. The van der Waals surface area contributed by atoms with E-state index in [4.69, 9.17) is 10.2 Å². The van der Waals surface area contributed by atoms with E-state index < -0.39 is 0 Å². The van der Waals surface area contributed by atoms with Gasteiger partial charge < -0.3 is 10.2 Å². The predicted molar refractivity (Wildman–Crippen MR) is 35.7 cm³/mol. The van der Waals surface area contributed by atoms with Crippen molar-refractivity contribution in [1.29, 1.82) is 0 Å². The van der Waals surface area contributed by atoms with Gasteiger partial charge in [0.05, 0.1) is 6.26 Å². The highest BCUT2D eigenvalue weighted by molar-refractivity contribution is 5.06. The van der Waals surface area contributed by atoms with Crippen molar-refractivity contribution in [1.82, 2.24) is 0 Å². The molecule has 0 saturated heterocycles. The number of hydrogen-bond acceptors (Lipinski definition) is 2. The molecular formula is C7H9NO. The zero-order chi connectivity index (χ0) is 6.69. The third-order valence-electron chi connectivity index (χ3n) is 0.981. The minimum Gasteiger partial charge on any atom is -0.469 e. The number of nitrogens with two attached hydrogens (primary N) is 1. The zero-order valence-electron chi connectivity index (χ0n) is 5.13. The third kappa shape index (κ3) is 1.64. The van der Waals surface area contributed by atoms with Crippen LogP contribution in [-0.4, -0.2) is 0 Å². The molecule has 9 heavy (non-hydrogen) atoms. The Kier molecular flexibility index (Phi) is 1.58. The van der Waals surface area contributed by atoms with Crippen LogP contribution in [0.2, 0.25) is 0 Å². The van der Waals surface area contributed by atoms with Crippen LogP contribution in [0.3, 0.4) is 0 Å². The zero-order valence-corrected chi connectivity index (χ0v) is 5.13. The Balaban J connectivity index is 2.58. The molecule has 0 aliphatic carbocycles. The van der Waals surface area contributed by atoms with Crippen LogP contribution in [0.5, 0.6) is 0 Å². The van der Waals surface area contributed by atoms with E-state index in [2.05, 4.69) is 6.58 Å². The Morgan fingerprint density at radius 1 is 1.78 bits per heavy atom. The fraction of sp³-hybridized carbons (Fsp3) is 0.143. The Hall–Kier alpha value is -1.18. The summed E-state index contributed by atoms with van der Waals surface area (Å²) in [5.41, 5.74) is 5.96. The topological polar surface area (TPSA) is 39.2 Å². The van der Waals surface area contributed by atoms with Gasteiger partial charge in [-0.2, -0.15) is 0 Å². The van der Waals surface area contributed by atoms with Crippen LogP contribution in [0.4, 0.5) is 0 Å². The second-order valence-electron chi connectivity index (χ2n) is 1.91. The van der Waals surface area contributed by atoms with E-state index in [1.807, 2.05) is 12.1 Å². The van der Waals surface area contributed by atoms with Gasteiger partial charge in [-0.15, -0.1) is 0 Å². The van der Waals surface area contributed by atoms with Gasteiger partial charge in [0.15, 0.2) is 0 Å². The highest BCUT2D eigenvalue weighted by Crippen LogP contribution is 2.02. The average Bonchev–Trinajstić information content (AvgIpc) is 2.15. The quantitative estimate of drug-likeness (QED) is 0.643. The van der Waals surface area contributed by atoms with Crippen molar-refractivity contribution in [3.63, 3.8) is 0 Å². The monoisotopic (exact) mass is 123 g/mol. The Bertz CT molecular complexity index is 189. The maximum Gasteiger partial charge on any atom is 0.109 e. The Morgan fingerprint density at radius 2 is 2.56 bits per heavy atom. The second kappa shape index (κ2) is 2.40. The summed E-state index contributed by atoms with van der Waals surface area (Å²) in [6.45, 7) is 3.55. The van der Waals surface area contributed by atoms with Gasteiger partial charge in [-0.05, 0) is 12.1 Å². The van der Waals surface area contributed by atoms with E-state index in [9.17, 15) is 0 Å². The molecule has 1 aromatic heterocycles. The van der Waals surface area contributed by atoms with Crippen molar-refractivity contribution >= 4 is 0 Å². The maximum absolute atomic E-state index is 5.33. The first-order valence-electron chi connectivity index (χ1n) is 2.74. The van der Waals surface area contributed by atoms with E-state index in [0.717, 1.165) is 5.76 Å². The van der Waals surface area contributed by atoms with Crippen molar-refractivity contribution in [2.75, 3.05) is 0 Å². The molecule has 2 N–H and O–H groups in total. The van der Waals surface area contributed by atoms with E-state index in [1.54, 1.807) is 6.26 Å². The fourth-order valence-corrected chi connectivity index (χ4v) is 0.637. The first-order valence-corrected chi connectivity index (χ1v) is 2.74. The lowest BCUT2D eigenvalue weighted by atomic mass is 10.3. The molecule has 48 valence electrons. The van der Waals surface area contributed by atoms with Crippen LogP contribution in [0, 0.1) is 0 Å². The minimum absolute atomic E-state index is 0.630. The van der Waals surface area contributed by atoms with E-state index in [0.29, 0.717) is 12.1 Å². The number of rotatable bonds is 2. The molecule has 0 aliphatic rings. The lowest BCUT2D eigenvalue weighted by Gasteiger charge is -1.91. The van der Waals surface area contributed by atoms with Gasteiger partial charge >= 0.3 is 0 Å². The van der Waals surface area contributed by atoms with Crippen molar-refractivity contribution in [2.45, 2.75) is 6.42 Å². The SMILES string of the molecule is C=C(N)Cc1ccco1. The van der Waals surface area contributed by atoms with Gasteiger partial charge in [-0.1, -0.05) is 6.58 Å². The Morgan fingerprint density at radius 3 is 3.00 bits per heavy atom. The molecule has 0 fully saturated rings. The van der Waals surface area contributed by atoms with Crippen molar-refractivity contribution in [3.8, 4) is 0 Å². The number of allylic oxidation sites excluding steroid dienone is 1. The lowest BCUT2D eigenvalue weighted by Crippen LogP contribution is -1.97. The average molecular weight is 123 g/mol. The summed E-state index contributed by atoms with van der Waals surface area (Å²) in [5, 5.41) is 0. The third-order valence-corrected chi connectivity index (χ3v) is 0.981. The summed E-state index contributed by atoms with van der Waals surface area (Å²) in [4.78, 5) is 0. The highest BCUT2D eigenvalue weighted by atomic mass is 16.3. The standard InChI is InChI=1S/C7H9NO/c1-6(8)5-7-3-2-4-9-7/h2-4H,1,5,8H2. The summed E-state index contributed by atoms with van der Waals surface area (Å²) in [5.74, 6) is 0.863. The molecule has 0 aliphatic heterocycles. The molecule has 0 unspecified atom stereocenters. The molecule has 0 aromatic carbocycles. The Labute approximate surface area is 54.0 Å². The van der Waals surface area contributed by atoms with Crippen LogP contribution >= 0.6 is 0 Å². The van der Waals surface area contributed by atoms with Crippen molar-refractivity contribution in [3.05, 3.63) is 36.4 Å². The molecule has 0 bridgehead atoms. The van der Waals surface area contributed by atoms with Gasteiger partial charge in [-0.3, -0.25) is 0 Å². The van der Waals surface area contributed by atoms with Crippen LogP contribution < -0.4 is 5.73 Å². The fourth-order valence-electron chi connectivity index (χ4n) is 0.637. The van der Waals surface area contributed by atoms with Gasteiger partial charge in [-0.25, -0.2) is 0 Å². The van der Waals surface area contributed by atoms with E-state index >= 15 is 0 Å². The molecule has 0 radical (unpaired) electrons. The van der Waals surface area contributed by atoms with Crippen molar-refractivity contribution in [2.24, 2.45) is 5.73 Å². The molecule has 2 nitrogen and oxygen atoms in total. The van der Waals surface area contributed by atoms with Gasteiger partial charge in [0.1, 0.15) is 5.76 Å². The molecule has 2 heteroatoms. The van der Waals surface area contributed by atoms with Crippen LogP contribution in [0.25, 0.3) is 0 Å². The molecule has 0 amide bonds. The first-order chi connectivity index (χ1) is 4.29. The van der Waals surface area contributed by atoms with Crippen LogP contribution in [0.15, 0.2) is 35.1 Å². The summed E-state index contributed by atoms with van der Waals surface area (Å²) in [6.07, 6.45) is 2.26. The normalized spacial score (nSPS) is 9.33. The minimum atomic E-state index is 0.630. The number of hydrogen-bond donors (Lipinski definition) is 1. The maximum atomic E-state index is 5.33. The van der Waals surface area contributed by atoms with Crippen molar-refractivity contribution < 1.29 is 4.42 Å². The lowest BCUT2D eigenvalue weighted by molar-refractivity contribution is 0.519. The molecule has 1 rings (SSSR count). The van der Waals surface area contributed by atoms with Gasteiger partial charge in [0, 0.05) is 12.1 Å². The predicted octanol–water partition coefficient (Wildman–Crippen LogP) is 1.29. The van der Waals surface area contributed by atoms with E-state index in [1.165, 1.54) is 0 Å². The molecule has 0 spiro atoms. The molecule has 0 saturated carbocycles.